The number of hydrogen-bond acceptors (Lipinski definition) is 4. The van der Waals surface area contributed by atoms with Gasteiger partial charge in [0, 0.05) is 15.5 Å². The molecule has 0 unspecified atom stereocenters. The zero-order valence-corrected chi connectivity index (χ0v) is 13.7. The van der Waals surface area contributed by atoms with Crippen molar-refractivity contribution in [3.05, 3.63) is 51.2 Å². The van der Waals surface area contributed by atoms with Crippen LogP contribution in [0.3, 0.4) is 0 Å². The minimum Gasteiger partial charge on any atom is -0.399 e. The molecule has 0 radical (unpaired) electrons. The molecule has 0 aliphatic rings. The number of fused-ring (bicyclic) bond motifs is 1. The molecule has 1 aromatic heterocycles. The SMILES string of the molecule is Nc1ccc2ncnc(Nc3ccc(Br)c(Cl)c3Cl)c2c1. The van der Waals surface area contributed by atoms with E-state index in [2.05, 4.69) is 31.2 Å². The predicted molar refractivity (Wildman–Crippen MR) is 91.4 cm³/mol. The molecule has 3 aromatic rings. The van der Waals surface area contributed by atoms with Crippen LogP contribution in [0.25, 0.3) is 10.9 Å². The molecule has 0 spiro atoms. The van der Waals surface area contributed by atoms with E-state index in [1.165, 1.54) is 6.33 Å². The van der Waals surface area contributed by atoms with Crippen LogP contribution in [0.1, 0.15) is 0 Å². The van der Waals surface area contributed by atoms with Gasteiger partial charge in [-0.2, -0.15) is 0 Å². The number of aromatic nitrogens is 2. The summed E-state index contributed by atoms with van der Waals surface area (Å²) in [6.07, 6.45) is 1.48. The fraction of sp³-hybridized carbons (Fsp3) is 0. The van der Waals surface area contributed by atoms with Crippen molar-refractivity contribution in [1.82, 2.24) is 9.97 Å². The Bertz CT molecular complexity index is 839. The zero-order chi connectivity index (χ0) is 15.0. The lowest BCUT2D eigenvalue weighted by molar-refractivity contribution is 1.22. The van der Waals surface area contributed by atoms with Crippen LogP contribution >= 0.6 is 39.1 Å². The third kappa shape index (κ3) is 2.77. The molecule has 0 amide bonds. The molecule has 2 aromatic carbocycles. The smallest absolute Gasteiger partial charge is 0.141 e. The number of rotatable bonds is 2. The maximum Gasteiger partial charge on any atom is 0.141 e. The summed E-state index contributed by atoms with van der Waals surface area (Å²) in [5.74, 6) is 0.618. The van der Waals surface area contributed by atoms with Gasteiger partial charge in [0.2, 0.25) is 0 Å². The number of benzene rings is 2. The van der Waals surface area contributed by atoms with Crippen LogP contribution in [0.15, 0.2) is 41.1 Å². The van der Waals surface area contributed by atoms with Gasteiger partial charge in [-0.15, -0.1) is 0 Å². The van der Waals surface area contributed by atoms with Crippen molar-refractivity contribution < 1.29 is 0 Å². The Kier molecular flexibility index (Phi) is 3.89. The second-order valence-corrected chi connectivity index (χ2v) is 5.96. The van der Waals surface area contributed by atoms with Crippen molar-refractivity contribution in [3.8, 4) is 0 Å². The minimum atomic E-state index is 0.418. The zero-order valence-electron chi connectivity index (χ0n) is 10.6. The van der Waals surface area contributed by atoms with Gasteiger partial charge in [0.05, 0.1) is 21.2 Å². The summed E-state index contributed by atoms with van der Waals surface area (Å²) >= 11 is 15.7. The number of nitrogens with zero attached hydrogens (tertiary/aromatic N) is 2. The van der Waals surface area contributed by atoms with Gasteiger partial charge in [-0.3, -0.25) is 0 Å². The van der Waals surface area contributed by atoms with Crippen molar-refractivity contribution >= 4 is 67.2 Å². The summed E-state index contributed by atoms with van der Waals surface area (Å²) in [5, 5.41) is 4.84. The predicted octanol–water partition coefficient (Wildman–Crippen LogP) is 5.02. The fourth-order valence-electron chi connectivity index (χ4n) is 1.92. The van der Waals surface area contributed by atoms with Crippen LogP contribution in [-0.2, 0) is 0 Å². The molecule has 106 valence electrons. The minimum absolute atomic E-state index is 0.418. The van der Waals surface area contributed by atoms with Crippen LogP contribution in [0.4, 0.5) is 17.2 Å². The molecule has 3 rings (SSSR count). The molecule has 0 bridgehead atoms. The number of nitrogen functional groups attached to an aromatic ring is 1. The Labute approximate surface area is 139 Å². The highest BCUT2D eigenvalue weighted by molar-refractivity contribution is 9.10. The van der Waals surface area contributed by atoms with Crippen LogP contribution in [-0.4, -0.2) is 9.97 Å². The molecule has 0 atom stereocenters. The molecule has 1 heterocycles. The van der Waals surface area contributed by atoms with Gasteiger partial charge >= 0.3 is 0 Å². The average molecular weight is 384 g/mol. The Balaban J connectivity index is 2.10. The van der Waals surface area contributed by atoms with E-state index < -0.39 is 0 Å². The van der Waals surface area contributed by atoms with Gasteiger partial charge < -0.3 is 11.1 Å². The quantitative estimate of drug-likeness (QED) is 0.481. The molecule has 0 saturated carbocycles. The molecular formula is C14H9BrCl2N4. The number of hydrogen-bond donors (Lipinski definition) is 2. The van der Waals surface area contributed by atoms with Gasteiger partial charge in [0.1, 0.15) is 12.1 Å². The average Bonchev–Trinajstić information content (AvgIpc) is 2.48. The van der Waals surface area contributed by atoms with Crippen LogP contribution in [0.2, 0.25) is 10.0 Å². The van der Waals surface area contributed by atoms with Crippen molar-refractivity contribution in [3.63, 3.8) is 0 Å². The fourth-order valence-corrected chi connectivity index (χ4v) is 2.75. The monoisotopic (exact) mass is 382 g/mol. The number of nitrogens with one attached hydrogen (secondary N) is 1. The lowest BCUT2D eigenvalue weighted by Crippen LogP contribution is -1.97. The Morgan fingerprint density at radius 3 is 2.67 bits per heavy atom. The topological polar surface area (TPSA) is 63.8 Å². The maximum absolute atomic E-state index is 6.24. The summed E-state index contributed by atoms with van der Waals surface area (Å²) in [6, 6.07) is 9.08. The van der Waals surface area contributed by atoms with Crippen molar-refractivity contribution in [2.24, 2.45) is 0 Å². The molecule has 7 heteroatoms. The highest BCUT2D eigenvalue weighted by Crippen LogP contribution is 2.37. The first-order chi connectivity index (χ1) is 10.1. The van der Waals surface area contributed by atoms with E-state index in [4.69, 9.17) is 28.9 Å². The standard InChI is InChI=1S/C14H9BrCl2N4/c15-9-2-4-11(13(17)12(9)16)21-14-8-5-7(18)1-3-10(8)19-6-20-14/h1-6H,18H2,(H,19,20,21). The maximum atomic E-state index is 6.24. The molecule has 0 fully saturated rings. The van der Waals surface area contributed by atoms with Crippen molar-refractivity contribution in [1.29, 1.82) is 0 Å². The second kappa shape index (κ2) is 5.67. The van der Waals surface area contributed by atoms with Crippen LogP contribution < -0.4 is 11.1 Å². The number of halogens is 3. The first-order valence-corrected chi connectivity index (χ1v) is 7.52. The largest absolute Gasteiger partial charge is 0.399 e. The summed E-state index contributed by atoms with van der Waals surface area (Å²) in [5.41, 5.74) is 7.91. The highest BCUT2D eigenvalue weighted by atomic mass is 79.9. The summed E-state index contributed by atoms with van der Waals surface area (Å²) in [6.45, 7) is 0. The Hall–Kier alpha value is -1.56. The Morgan fingerprint density at radius 2 is 1.86 bits per heavy atom. The van der Waals surface area contributed by atoms with E-state index in [0.717, 1.165) is 15.4 Å². The summed E-state index contributed by atoms with van der Waals surface area (Å²) in [7, 11) is 0. The van der Waals surface area contributed by atoms with E-state index >= 15 is 0 Å². The number of anilines is 3. The second-order valence-electron chi connectivity index (χ2n) is 4.35. The van der Waals surface area contributed by atoms with Gasteiger partial charge in [0.15, 0.2) is 0 Å². The highest BCUT2D eigenvalue weighted by Gasteiger charge is 2.11. The molecule has 0 aliphatic carbocycles. The van der Waals surface area contributed by atoms with E-state index in [0.29, 0.717) is 27.2 Å². The molecule has 4 nitrogen and oxygen atoms in total. The third-order valence-corrected chi connectivity index (χ3v) is 4.72. The van der Waals surface area contributed by atoms with Gasteiger partial charge in [0.25, 0.3) is 0 Å². The lowest BCUT2D eigenvalue weighted by atomic mass is 10.2. The normalized spacial score (nSPS) is 10.8. The molecule has 0 saturated heterocycles. The molecule has 21 heavy (non-hydrogen) atoms. The van der Waals surface area contributed by atoms with Crippen molar-refractivity contribution in [2.75, 3.05) is 11.1 Å². The first kappa shape index (κ1) is 14.4. The van der Waals surface area contributed by atoms with Gasteiger partial charge in [-0.25, -0.2) is 9.97 Å². The third-order valence-electron chi connectivity index (χ3n) is 2.95. The molecule has 0 aliphatic heterocycles. The van der Waals surface area contributed by atoms with E-state index in [1.54, 1.807) is 6.07 Å². The van der Waals surface area contributed by atoms with Crippen LogP contribution in [0.5, 0.6) is 0 Å². The van der Waals surface area contributed by atoms with Gasteiger partial charge in [-0.1, -0.05) is 23.2 Å². The van der Waals surface area contributed by atoms with Crippen molar-refractivity contribution in [2.45, 2.75) is 0 Å². The Morgan fingerprint density at radius 1 is 1.05 bits per heavy atom. The van der Waals surface area contributed by atoms with E-state index in [9.17, 15) is 0 Å². The van der Waals surface area contributed by atoms with Crippen LogP contribution in [0, 0.1) is 0 Å². The van der Waals surface area contributed by atoms with E-state index in [-0.39, 0.29) is 0 Å². The first-order valence-electron chi connectivity index (χ1n) is 5.97. The summed E-state index contributed by atoms with van der Waals surface area (Å²) in [4.78, 5) is 8.45. The lowest BCUT2D eigenvalue weighted by Gasteiger charge is -2.11. The summed E-state index contributed by atoms with van der Waals surface area (Å²) < 4.78 is 0.733. The van der Waals surface area contributed by atoms with E-state index in [1.807, 2.05) is 24.3 Å². The molecule has 3 N–H and O–H groups in total. The van der Waals surface area contributed by atoms with Gasteiger partial charge in [-0.05, 0) is 46.3 Å². The number of nitrogens with two attached hydrogens (primary N) is 1. The molecular weight excluding hydrogens is 375 g/mol.